The number of rotatable bonds is 2. The van der Waals surface area contributed by atoms with Gasteiger partial charge in [0.05, 0.1) is 5.39 Å². The zero-order valence-electron chi connectivity index (χ0n) is 11.9. The normalized spacial score (nSPS) is 22.7. The van der Waals surface area contributed by atoms with Crippen LogP contribution in [0.2, 0.25) is 0 Å². The van der Waals surface area contributed by atoms with Gasteiger partial charge in [-0.2, -0.15) is 0 Å². The van der Waals surface area contributed by atoms with Crippen molar-refractivity contribution in [2.24, 2.45) is 0 Å². The Bertz CT molecular complexity index is 499. The summed E-state index contributed by atoms with van der Waals surface area (Å²) in [4.78, 5) is 11.6. The van der Waals surface area contributed by atoms with Crippen LogP contribution >= 0.6 is 0 Å². The summed E-state index contributed by atoms with van der Waals surface area (Å²) in [6.45, 7) is 7.22. The Morgan fingerprint density at radius 3 is 2.84 bits per heavy atom. The third kappa shape index (κ3) is 3.23. The molecule has 3 N–H and O–H groups in total. The summed E-state index contributed by atoms with van der Waals surface area (Å²) in [7, 11) is 0. The number of aromatic nitrogens is 3. The third-order valence-electron chi connectivity index (χ3n) is 3.36. The van der Waals surface area contributed by atoms with E-state index in [2.05, 4.69) is 32.5 Å². The second-order valence-corrected chi connectivity index (χ2v) is 4.69. The number of aromatic amines is 1. The third-order valence-corrected chi connectivity index (χ3v) is 3.36. The largest absolute Gasteiger partial charge is 0.365 e. The van der Waals surface area contributed by atoms with Crippen LogP contribution in [0.5, 0.6) is 0 Å². The number of anilines is 1. The highest BCUT2D eigenvalue weighted by Crippen LogP contribution is 2.20. The van der Waals surface area contributed by atoms with Crippen molar-refractivity contribution in [2.75, 3.05) is 11.9 Å². The quantitative estimate of drug-likeness (QED) is 0.777. The SMILES string of the molecule is CC.CC1CCC(Nc2ncnc3[nH]ccc23)CN1. The fraction of sp³-hybridized carbons (Fsp3) is 0.571. The molecule has 0 radical (unpaired) electrons. The number of H-pyrrole nitrogens is 1. The molecule has 104 valence electrons. The molecule has 0 aliphatic carbocycles. The van der Waals surface area contributed by atoms with Crippen molar-refractivity contribution in [2.45, 2.75) is 45.7 Å². The smallest absolute Gasteiger partial charge is 0.142 e. The highest BCUT2D eigenvalue weighted by molar-refractivity contribution is 5.86. The van der Waals surface area contributed by atoms with E-state index < -0.39 is 0 Å². The molecule has 2 atom stereocenters. The van der Waals surface area contributed by atoms with Crippen LogP contribution in [0.3, 0.4) is 0 Å². The number of nitrogens with zero attached hydrogens (tertiary/aromatic N) is 2. The lowest BCUT2D eigenvalue weighted by Crippen LogP contribution is -2.43. The second-order valence-electron chi connectivity index (χ2n) is 4.69. The number of piperidine rings is 1. The standard InChI is InChI=1S/C12H17N5.C2H6/c1-8-2-3-9(6-14-8)17-12-10-4-5-13-11(10)15-7-16-12;1-2/h4-5,7-9,14H,2-3,6H2,1H3,(H2,13,15,16,17);1-2H3. The number of nitrogens with one attached hydrogen (secondary N) is 3. The number of hydrogen-bond donors (Lipinski definition) is 3. The van der Waals surface area contributed by atoms with E-state index in [4.69, 9.17) is 0 Å². The molecule has 3 heterocycles. The van der Waals surface area contributed by atoms with Crippen LogP contribution < -0.4 is 10.6 Å². The molecule has 1 saturated heterocycles. The van der Waals surface area contributed by atoms with Gasteiger partial charge in [-0.3, -0.25) is 0 Å². The lowest BCUT2D eigenvalue weighted by Gasteiger charge is -2.28. The first kappa shape index (κ1) is 13.8. The van der Waals surface area contributed by atoms with Crippen LogP contribution in [-0.4, -0.2) is 33.6 Å². The summed E-state index contributed by atoms with van der Waals surface area (Å²) in [5, 5.41) is 8.04. The molecule has 1 fully saturated rings. The van der Waals surface area contributed by atoms with Crippen LogP contribution in [0, 0.1) is 0 Å². The number of fused-ring (bicyclic) bond motifs is 1. The molecule has 2 unspecified atom stereocenters. The molecule has 5 heteroatoms. The predicted octanol–water partition coefficient (Wildman–Crippen LogP) is 2.54. The lowest BCUT2D eigenvalue weighted by atomic mass is 10.0. The van der Waals surface area contributed by atoms with Gasteiger partial charge in [0.25, 0.3) is 0 Å². The van der Waals surface area contributed by atoms with Crippen LogP contribution in [-0.2, 0) is 0 Å². The summed E-state index contributed by atoms with van der Waals surface area (Å²) in [5.74, 6) is 0.928. The molecular formula is C14H23N5. The molecule has 2 aromatic rings. The maximum Gasteiger partial charge on any atom is 0.142 e. The van der Waals surface area contributed by atoms with Crippen molar-refractivity contribution in [1.82, 2.24) is 20.3 Å². The zero-order chi connectivity index (χ0) is 13.7. The van der Waals surface area contributed by atoms with Gasteiger partial charge < -0.3 is 15.6 Å². The van der Waals surface area contributed by atoms with Crippen molar-refractivity contribution in [3.05, 3.63) is 18.6 Å². The van der Waals surface area contributed by atoms with Crippen LogP contribution in [0.15, 0.2) is 18.6 Å². The maximum absolute atomic E-state index is 4.32. The van der Waals surface area contributed by atoms with E-state index in [-0.39, 0.29) is 0 Å². The van der Waals surface area contributed by atoms with Gasteiger partial charge in [0.1, 0.15) is 17.8 Å². The van der Waals surface area contributed by atoms with Crippen molar-refractivity contribution in [1.29, 1.82) is 0 Å². The highest BCUT2D eigenvalue weighted by atomic mass is 15.1. The minimum atomic E-state index is 0.458. The average Bonchev–Trinajstić information content (AvgIpc) is 2.93. The molecule has 0 spiro atoms. The maximum atomic E-state index is 4.32. The van der Waals surface area contributed by atoms with E-state index in [1.165, 1.54) is 12.8 Å². The second kappa shape index (κ2) is 6.52. The summed E-state index contributed by atoms with van der Waals surface area (Å²) in [6, 6.07) is 3.10. The summed E-state index contributed by atoms with van der Waals surface area (Å²) < 4.78 is 0. The number of hydrogen-bond acceptors (Lipinski definition) is 4. The van der Waals surface area contributed by atoms with Crippen LogP contribution in [0.1, 0.15) is 33.6 Å². The summed E-state index contributed by atoms with van der Waals surface area (Å²) in [5.41, 5.74) is 0.889. The van der Waals surface area contributed by atoms with E-state index in [1.54, 1.807) is 6.33 Å². The van der Waals surface area contributed by atoms with E-state index in [0.717, 1.165) is 23.4 Å². The predicted molar refractivity (Wildman–Crippen MR) is 79.3 cm³/mol. The Hall–Kier alpha value is -1.62. The Kier molecular flexibility index (Phi) is 4.74. The van der Waals surface area contributed by atoms with E-state index in [1.807, 2.05) is 26.1 Å². The average molecular weight is 261 g/mol. The van der Waals surface area contributed by atoms with E-state index in [0.29, 0.717) is 12.1 Å². The monoisotopic (exact) mass is 261 g/mol. The molecule has 19 heavy (non-hydrogen) atoms. The minimum Gasteiger partial charge on any atom is -0.365 e. The van der Waals surface area contributed by atoms with Gasteiger partial charge in [-0.05, 0) is 25.8 Å². The fourth-order valence-electron chi connectivity index (χ4n) is 2.30. The molecule has 1 aliphatic rings. The van der Waals surface area contributed by atoms with Crippen molar-refractivity contribution >= 4 is 16.9 Å². The van der Waals surface area contributed by atoms with Crippen molar-refractivity contribution < 1.29 is 0 Å². The van der Waals surface area contributed by atoms with Gasteiger partial charge in [-0.15, -0.1) is 0 Å². The Labute approximate surface area is 114 Å². The molecule has 0 amide bonds. The topological polar surface area (TPSA) is 65.6 Å². The molecular weight excluding hydrogens is 238 g/mol. The van der Waals surface area contributed by atoms with Gasteiger partial charge in [-0.25, -0.2) is 9.97 Å². The van der Waals surface area contributed by atoms with Crippen molar-refractivity contribution in [3.63, 3.8) is 0 Å². The lowest BCUT2D eigenvalue weighted by molar-refractivity contribution is 0.398. The molecule has 1 aliphatic heterocycles. The van der Waals surface area contributed by atoms with Crippen molar-refractivity contribution in [3.8, 4) is 0 Å². The summed E-state index contributed by atoms with van der Waals surface area (Å²) >= 11 is 0. The van der Waals surface area contributed by atoms with E-state index >= 15 is 0 Å². The highest BCUT2D eigenvalue weighted by Gasteiger charge is 2.18. The van der Waals surface area contributed by atoms with Gasteiger partial charge in [0.15, 0.2) is 0 Å². The summed E-state index contributed by atoms with van der Waals surface area (Å²) in [6.07, 6.45) is 5.88. The first-order valence-electron chi connectivity index (χ1n) is 7.11. The molecule has 5 nitrogen and oxygen atoms in total. The fourth-order valence-corrected chi connectivity index (χ4v) is 2.30. The molecule has 0 aromatic carbocycles. The Morgan fingerprint density at radius 1 is 1.26 bits per heavy atom. The zero-order valence-corrected chi connectivity index (χ0v) is 11.9. The molecule has 0 saturated carbocycles. The first-order chi connectivity index (χ1) is 9.33. The Balaban J connectivity index is 0.000000637. The van der Waals surface area contributed by atoms with Gasteiger partial charge >= 0.3 is 0 Å². The molecule has 2 aromatic heterocycles. The minimum absolute atomic E-state index is 0.458. The first-order valence-corrected chi connectivity index (χ1v) is 7.11. The van der Waals surface area contributed by atoms with Gasteiger partial charge in [-0.1, -0.05) is 13.8 Å². The van der Waals surface area contributed by atoms with E-state index in [9.17, 15) is 0 Å². The molecule has 0 bridgehead atoms. The van der Waals surface area contributed by atoms with Gasteiger partial charge in [0.2, 0.25) is 0 Å². The van der Waals surface area contributed by atoms with Crippen LogP contribution in [0.25, 0.3) is 11.0 Å². The molecule has 3 rings (SSSR count). The Morgan fingerprint density at radius 2 is 2.11 bits per heavy atom. The van der Waals surface area contributed by atoms with Gasteiger partial charge in [0, 0.05) is 24.8 Å². The van der Waals surface area contributed by atoms with Crippen LogP contribution in [0.4, 0.5) is 5.82 Å².